The highest BCUT2D eigenvalue weighted by Gasteiger charge is 2.11. The zero-order valence-electron chi connectivity index (χ0n) is 14.8. The van der Waals surface area contributed by atoms with E-state index >= 15 is 0 Å². The number of H-pyrrole nitrogens is 1. The summed E-state index contributed by atoms with van der Waals surface area (Å²) in [6.07, 6.45) is 3.67. The second-order valence-electron chi connectivity index (χ2n) is 6.58. The number of hydrogen-bond donors (Lipinski definition) is 3. The van der Waals surface area contributed by atoms with Gasteiger partial charge in [0.25, 0.3) is 0 Å². The lowest BCUT2D eigenvalue weighted by Crippen LogP contribution is -2.04. The number of aryl methyl sites for hydroxylation is 2. The van der Waals surface area contributed by atoms with Crippen molar-refractivity contribution in [1.29, 1.82) is 0 Å². The van der Waals surface area contributed by atoms with Crippen LogP contribution in [0, 0.1) is 0 Å². The van der Waals surface area contributed by atoms with Crippen LogP contribution in [0.1, 0.15) is 21.5 Å². The molecule has 0 aliphatic rings. The molecule has 0 atom stereocenters. The van der Waals surface area contributed by atoms with Gasteiger partial charge in [0.15, 0.2) is 0 Å². The van der Waals surface area contributed by atoms with E-state index in [1.54, 1.807) is 6.07 Å². The van der Waals surface area contributed by atoms with Crippen LogP contribution >= 0.6 is 0 Å². The van der Waals surface area contributed by atoms with Gasteiger partial charge in [-0.2, -0.15) is 0 Å². The summed E-state index contributed by atoms with van der Waals surface area (Å²) in [5.41, 5.74) is 5.18. The number of rotatable bonds is 6. The van der Waals surface area contributed by atoms with Crippen molar-refractivity contribution in [2.75, 3.05) is 5.32 Å². The number of aromatic nitrogens is 1. The summed E-state index contributed by atoms with van der Waals surface area (Å²) < 4.78 is 0. The van der Waals surface area contributed by atoms with Gasteiger partial charge < -0.3 is 15.4 Å². The molecule has 0 saturated carbocycles. The van der Waals surface area contributed by atoms with Crippen molar-refractivity contribution in [2.24, 2.45) is 0 Å². The quantitative estimate of drug-likeness (QED) is 0.434. The number of anilines is 2. The van der Waals surface area contributed by atoms with E-state index in [4.69, 9.17) is 0 Å². The molecule has 27 heavy (non-hydrogen) atoms. The number of aromatic carboxylic acids is 1. The first-order valence-electron chi connectivity index (χ1n) is 8.93. The molecule has 3 aromatic carbocycles. The standard InChI is InChI=1S/C23H20N2O2/c26-23(27)20-10-8-17(7-6-16-4-2-1-3-5-16)14-22(20)25-19-9-11-21-18(15-19)12-13-24-21/h1-5,8-15,24-25H,6-7H2,(H,26,27). The summed E-state index contributed by atoms with van der Waals surface area (Å²) in [7, 11) is 0. The van der Waals surface area contributed by atoms with Crippen LogP contribution in [0.25, 0.3) is 10.9 Å². The molecule has 0 bridgehead atoms. The number of carbonyl (C=O) groups is 1. The first-order valence-corrected chi connectivity index (χ1v) is 8.93. The van der Waals surface area contributed by atoms with Gasteiger partial charge in [-0.3, -0.25) is 0 Å². The molecule has 134 valence electrons. The van der Waals surface area contributed by atoms with Crippen molar-refractivity contribution >= 4 is 28.2 Å². The highest BCUT2D eigenvalue weighted by molar-refractivity contribution is 5.96. The number of fused-ring (bicyclic) bond motifs is 1. The van der Waals surface area contributed by atoms with Crippen LogP contribution in [0.15, 0.2) is 79.0 Å². The first-order chi connectivity index (χ1) is 13.2. The smallest absolute Gasteiger partial charge is 0.337 e. The Labute approximate surface area is 157 Å². The molecule has 0 fully saturated rings. The summed E-state index contributed by atoms with van der Waals surface area (Å²) in [6.45, 7) is 0. The molecular weight excluding hydrogens is 336 g/mol. The van der Waals surface area contributed by atoms with Crippen LogP contribution in [-0.4, -0.2) is 16.1 Å². The molecule has 4 rings (SSSR count). The summed E-state index contributed by atoms with van der Waals surface area (Å²) >= 11 is 0. The molecule has 1 heterocycles. The summed E-state index contributed by atoms with van der Waals surface area (Å²) in [5, 5.41) is 13.9. The van der Waals surface area contributed by atoms with Crippen LogP contribution in [0.4, 0.5) is 11.4 Å². The van der Waals surface area contributed by atoms with Gasteiger partial charge >= 0.3 is 5.97 Å². The van der Waals surface area contributed by atoms with Gasteiger partial charge in [-0.1, -0.05) is 36.4 Å². The number of nitrogens with one attached hydrogen (secondary N) is 2. The Morgan fingerprint density at radius 3 is 2.52 bits per heavy atom. The van der Waals surface area contributed by atoms with E-state index in [9.17, 15) is 9.90 Å². The number of aromatic amines is 1. The maximum Gasteiger partial charge on any atom is 0.337 e. The Kier molecular flexibility index (Phi) is 4.62. The molecule has 3 N–H and O–H groups in total. The molecule has 4 nitrogen and oxygen atoms in total. The Hall–Kier alpha value is -3.53. The molecule has 0 aliphatic carbocycles. The fourth-order valence-electron chi connectivity index (χ4n) is 3.26. The third kappa shape index (κ3) is 3.85. The zero-order chi connectivity index (χ0) is 18.6. The second-order valence-corrected chi connectivity index (χ2v) is 6.58. The fraction of sp³-hybridized carbons (Fsp3) is 0.0870. The van der Waals surface area contributed by atoms with E-state index in [0.717, 1.165) is 35.0 Å². The largest absolute Gasteiger partial charge is 0.478 e. The van der Waals surface area contributed by atoms with E-state index in [-0.39, 0.29) is 5.56 Å². The van der Waals surface area contributed by atoms with Gasteiger partial charge in [0, 0.05) is 22.8 Å². The number of hydrogen-bond acceptors (Lipinski definition) is 2. The summed E-state index contributed by atoms with van der Waals surface area (Å²) in [6, 6.07) is 23.7. The van der Waals surface area contributed by atoms with Crippen molar-refractivity contribution < 1.29 is 9.90 Å². The zero-order valence-corrected chi connectivity index (χ0v) is 14.8. The Balaban J connectivity index is 1.59. The van der Waals surface area contributed by atoms with Crippen molar-refractivity contribution in [3.8, 4) is 0 Å². The maximum atomic E-state index is 11.6. The molecule has 0 spiro atoms. The molecule has 4 heteroatoms. The average Bonchev–Trinajstić information content (AvgIpc) is 3.15. The molecule has 1 aromatic heterocycles. The van der Waals surface area contributed by atoms with E-state index in [2.05, 4.69) is 22.4 Å². The van der Waals surface area contributed by atoms with Crippen LogP contribution in [0.3, 0.4) is 0 Å². The normalized spacial score (nSPS) is 10.8. The minimum Gasteiger partial charge on any atom is -0.478 e. The highest BCUT2D eigenvalue weighted by Crippen LogP contribution is 2.26. The lowest BCUT2D eigenvalue weighted by molar-refractivity contribution is 0.0698. The minimum atomic E-state index is -0.935. The van der Waals surface area contributed by atoms with Gasteiger partial charge in [-0.25, -0.2) is 4.79 Å². The van der Waals surface area contributed by atoms with Crippen molar-refractivity contribution in [3.63, 3.8) is 0 Å². The Bertz CT molecular complexity index is 1080. The topological polar surface area (TPSA) is 65.1 Å². The fourth-order valence-corrected chi connectivity index (χ4v) is 3.26. The molecule has 0 saturated heterocycles. The van der Waals surface area contributed by atoms with Crippen molar-refractivity contribution in [2.45, 2.75) is 12.8 Å². The predicted octanol–water partition coefficient (Wildman–Crippen LogP) is 5.39. The van der Waals surface area contributed by atoms with Crippen LogP contribution in [0.2, 0.25) is 0 Å². The van der Waals surface area contributed by atoms with Crippen LogP contribution in [-0.2, 0) is 12.8 Å². The minimum absolute atomic E-state index is 0.271. The lowest BCUT2D eigenvalue weighted by atomic mass is 10.0. The molecule has 0 aliphatic heterocycles. The Morgan fingerprint density at radius 2 is 1.70 bits per heavy atom. The third-order valence-corrected chi connectivity index (χ3v) is 4.69. The molecule has 0 amide bonds. The van der Waals surface area contributed by atoms with E-state index in [1.165, 1.54) is 5.56 Å². The monoisotopic (exact) mass is 356 g/mol. The van der Waals surface area contributed by atoms with Gasteiger partial charge in [-0.15, -0.1) is 0 Å². The lowest BCUT2D eigenvalue weighted by Gasteiger charge is -2.12. The predicted molar refractivity (Wildman–Crippen MR) is 109 cm³/mol. The number of carboxylic acid groups (broad SMARTS) is 1. The molecule has 0 radical (unpaired) electrons. The molecular formula is C23H20N2O2. The van der Waals surface area contributed by atoms with Gasteiger partial charge in [0.1, 0.15) is 0 Å². The van der Waals surface area contributed by atoms with Gasteiger partial charge in [-0.05, 0) is 60.4 Å². The van der Waals surface area contributed by atoms with Crippen LogP contribution in [0.5, 0.6) is 0 Å². The van der Waals surface area contributed by atoms with E-state index in [1.807, 2.05) is 60.8 Å². The maximum absolute atomic E-state index is 11.6. The molecule has 0 unspecified atom stereocenters. The van der Waals surface area contributed by atoms with Gasteiger partial charge in [0.05, 0.1) is 11.3 Å². The van der Waals surface area contributed by atoms with E-state index in [0.29, 0.717) is 5.69 Å². The molecule has 4 aromatic rings. The van der Waals surface area contributed by atoms with Crippen molar-refractivity contribution in [1.82, 2.24) is 4.98 Å². The second kappa shape index (κ2) is 7.38. The average molecular weight is 356 g/mol. The van der Waals surface area contributed by atoms with Crippen LogP contribution < -0.4 is 5.32 Å². The van der Waals surface area contributed by atoms with E-state index < -0.39 is 5.97 Å². The third-order valence-electron chi connectivity index (χ3n) is 4.69. The summed E-state index contributed by atoms with van der Waals surface area (Å²) in [5.74, 6) is -0.935. The highest BCUT2D eigenvalue weighted by atomic mass is 16.4. The number of benzene rings is 3. The first kappa shape index (κ1) is 16.9. The SMILES string of the molecule is O=C(O)c1ccc(CCc2ccccc2)cc1Nc1ccc2[nH]ccc2c1. The van der Waals surface area contributed by atoms with Gasteiger partial charge in [0.2, 0.25) is 0 Å². The number of carboxylic acids is 1. The summed E-state index contributed by atoms with van der Waals surface area (Å²) in [4.78, 5) is 14.8. The van der Waals surface area contributed by atoms with Crippen molar-refractivity contribution in [3.05, 3.63) is 95.7 Å². The Morgan fingerprint density at radius 1 is 0.889 bits per heavy atom.